The average molecular weight is 985 g/mol. The van der Waals surface area contributed by atoms with Crippen molar-refractivity contribution >= 4 is 34.1 Å². The number of fused-ring (bicyclic) bond motifs is 3. The normalized spacial score (nSPS) is 12.1. The molecule has 0 fully saturated rings. The molecule has 0 bridgehead atoms. The number of nitrogens with zero attached hydrogens (tertiary/aromatic N) is 2. The molecule has 366 valence electrons. The Morgan fingerprint density at radius 3 is 1.12 bits per heavy atom. The fourth-order valence-corrected chi connectivity index (χ4v) is 12.1. The first-order valence-electron chi connectivity index (χ1n) is 26.7. The average Bonchev–Trinajstić information content (AvgIpc) is 3.96. The molecule has 0 heterocycles. The third-order valence-electron chi connectivity index (χ3n) is 15.6. The summed E-state index contributed by atoms with van der Waals surface area (Å²) >= 11 is 0. The van der Waals surface area contributed by atoms with Crippen molar-refractivity contribution in [1.29, 1.82) is 0 Å². The third kappa shape index (κ3) is 8.41. The van der Waals surface area contributed by atoms with Crippen molar-refractivity contribution in [2.75, 3.05) is 9.80 Å². The van der Waals surface area contributed by atoms with Crippen molar-refractivity contribution in [3.63, 3.8) is 0 Å². The van der Waals surface area contributed by atoms with Crippen LogP contribution in [-0.2, 0) is 5.41 Å². The smallest absolute Gasteiger partial charge is 0.0714 e. The van der Waals surface area contributed by atoms with Crippen LogP contribution >= 0.6 is 0 Å². The minimum absolute atomic E-state index is 0.524. The molecule has 2 nitrogen and oxygen atoms in total. The number of para-hydroxylation sites is 3. The molecule has 0 spiro atoms. The molecule has 77 heavy (non-hydrogen) atoms. The summed E-state index contributed by atoms with van der Waals surface area (Å²) in [5.41, 5.74) is 25.6. The molecule has 0 atom stereocenters. The summed E-state index contributed by atoms with van der Waals surface area (Å²) in [5, 5.41) is 0. The number of hydrogen-bond acceptors (Lipinski definition) is 2. The van der Waals surface area contributed by atoms with Gasteiger partial charge in [0.1, 0.15) is 0 Å². The zero-order valence-electron chi connectivity index (χ0n) is 43.3. The molecule has 0 amide bonds. The second-order valence-corrected chi connectivity index (χ2v) is 20.1. The van der Waals surface area contributed by atoms with Gasteiger partial charge in [-0.15, -0.1) is 0 Å². The van der Waals surface area contributed by atoms with Gasteiger partial charge >= 0.3 is 0 Å². The summed E-state index contributed by atoms with van der Waals surface area (Å²) in [4.78, 5) is 4.77. The Labute approximate surface area is 453 Å². The van der Waals surface area contributed by atoms with Crippen molar-refractivity contribution in [2.45, 2.75) is 19.3 Å². The SMILES string of the molecule is Cc1ccccc1N(c1ccccc1)c1ccc(-c2cc(-c3ccccc3)c(-c3ccc(N(c4ccccc4)c4ccc5c(c4)C(c4ccccc4)(c4ccccc4)c4cccc(C)c4-5)cc3)cc2-c2ccccc2)cc1. The summed E-state index contributed by atoms with van der Waals surface area (Å²) < 4.78 is 0. The van der Waals surface area contributed by atoms with E-state index in [-0.39, 0.29) is 0 Å². The van der Waals surface area contributed by atoms with E-state index in [9.17, 15) is 0 Å². The zero-order valence-corrected chi connectivity index (χ0v) is 43.3. The third-order valence-corrected chi connectivity index (χ3v) is 15.6. The van der Waals surface area contributed by atoms with Gasteiger partial charge in [-0.2, -0.15) is 0 Å². The van der Waals surface area contributed by atoms with Gasteiger partial charge < -0.3 is 9.80 Å². The van der Waals surface area contributed by atoms with Gasteiger partial charge in [0.2, 0.25) is 0 Å². The fourth-order valence-electron chi connectivity index (χ4n) is 12.1. The van der Waals surface area contributed by atoms with Crippen molar-refractivity contribution in [3.8, 4) is 55.6 Å². The van der Waals surface area contributed by atoms with Gasteiger partial charge in [0.05, 0.1) is 5.41 Å². The van der Waals surface area contributed by atoms with Crippen LogP contribution in [0.1, 0.15) is 33.4 Å². The Balaban J connectivity index is 0.950. The van der Waals surface area contributed by atoms with E-state index < -0.39 is 5.41 Å². The minimum atomic E-state index is -0.524. The highest BCUT2D eigenvalue weighted by atomic mass is 15.1. The van der Waals surface area contributed by atoms with Gasteiger partial charge in [-0.1, -0.05) is 224 Å². The van der Waals surface area contributed by atoms with Gasteiger partial charge in [0, 0.05) is 34.1 Å². The van der Waals surface area contributed by atoms with Gasteiger partial charge in [0.15, 0.2) is 0 Å². The maximum Gasteiger partial charge on any atom is 0.0714 e. The Morgan fingerprint density at radius 2 is 0.623 bits per heavy atom. The number of aryl methyl sites for hydroxylation is 2. The lowest BCUT2D eigenvalue weighted by molar-refractivity contribution is 0.768. The molecule has 0 N–H and O–H groups in total. The van der Waals surface area contributed by atoms with Crippen molar-refractivity contribution in [1.82, 2.24) is 0 Å². The Bertz CT molecular complexity index is 3970. The first-order chi connectivity index (χ1) is 38.0. The molecule has 1 aliphatic rings. The first kappa shape index (κ1) is 47.0. The number of benzene rings is 12. The molecule has 0 saturated carbocycles. The van der Waals surface area contributed by atoms with Crippen molar-refractivity contribution < 1.29 is 0 Å². The van der Waals surface area contributed by atoms with Crippen LogP contribution in [0.3, 0.4) is 0 Å². The lowest BCUT2D eigenvalue weighted by Gasteiger charge is -2.35. The van der Waals surface area contributed by atoms with E-state index in [1.54, 1.807) is 0 Å². The summed E-state index contributed by atoms with van der Waals surface area (Å²) in [6.07, 6.45) is 0. The summed E-state index contributed by atoms with van der Waals surface area (Å²) in [5.74, 6) is 0. The largest absolute Gasteiger partial charge is 0.310 e. The molecule has 0 aliphatic heterocycles. The zero-order chi connectivity index (χ0) is 51.7. The topological polar surface area (TPSA) is 6.48 Å². The molecule has 0 aromatic heterocycles. The summed E-state index contributed by atoms with van der Waals surface area (Å²) in [7, 11) is 0. The number of hydrogen-bond donors (Lipinski definition) is 0. The van der Waals surface area contributed by atoms with Crippen LogP contribution in [-0.4, -0.2) is 0 Å². The van der Waals surface area contributed by atoms with Crippen LogP contribution < -0.4 is 9.80 Å². The molecule has 0 radical (unpaired) electrons. The Morgan fingerprint density at radius 1 is 0.247 bits per heavy atom. The monoisotopic (exact) mass is 984 g/mol. The molecule has 2 heteroatoms. The highest BCUT2D eigenvalue weighted by Gasteiger charge is 2.47. The van der Waals surface area contributed by atoms with Crippen LogP contribution in [0.25, 0.3) is 55.6 Å². The number of rotatable bonds is 12. The maximum atomic E-state index is 2.46. The maximum absolute atomic E-state index is 2.46. The van der Waals surface area contributed by atoms with Crippen LogP contribution in [0.4, 0.5) is 34.1 Å². The molecular formula is C75H56N2. The summed E-state index contributed by atoms with van der Waals surface area (Å²) in [6.45, 7) is 4.44. The highest BCUT2D eigenvalue weighted by Crippen LogP contribution is 2.58. The van der Waals surface area contributed by atoms with Gasteiger partial charge in [-0.25, -0.2) is 0 Å². The van der Waals surface area contributed by atoms with Crippen molar-refractivity contribution in [2.24, 2.45) is 0 Å². The quantitative estimate of drug-likeness (QED) is 0.120. The fraction of sp³-hybridized carbons (Fsp3) is 0.0400. The van der Waals surface area contributed by atoms with Crippen LogP contribution in [0, 0.1) is 13.8 Å². The molecule has 1 aliphatic carbocycles. The first-order valence-corrected chi connectivity index (χ1v) is 26.7. The van der Waals surface area contributed by atoms with Crippen LogP contribution in [0.15, 0.2) is 303 Å². The number of anilines is 6. The van der Waals surface area contributed by atoms with E-state index in [1.165, 1.54) is 77.9 Å². The molecule has 0 unspecified atom stereocenters. The second kappa shape index (κ2) is 20.2. The van der Waals surface area contributed by atoms with E-state index in [4.69, 9.17) is 0 Å². The van der Waals surface area contributed by atoms with E-state index in [2.05, 4.69) is 327 Å². The molecule has 12 aromatic carbocycles. The minimum Gasteiger partial charge on any atom is -0.310 e. The lowest BCUT2D eigenvalue weighted by atomic mass is 9.67. The standard InChI is InChI=1S/C75H56N2/c1-53-24-21-22-39-73(53)77(62-36-19-8-20-37-62)64-46-42-58(43-47-64)70-52-67(55-26-9-3-10-27-55)69(51-68(70)56-28-11-4-12-29-56)57-40-44-63(45-41-57)76(61-34-17-7-18-35-61)65-48-49-66-72(50-65)75(59-30-13-5-14-31-59,60-32-15-6-16-33-60)71-38-23-25-54(2)74(66)71/h3-52H,1-2H3. The van der Waals surface area contributed by atoms with Gasteiger partial charge in [-0.05, 0) is 182 Å². The molecular weight excluding hydrogens is 929 g/mol. The van der Waals surface area contributed by atoms with E-state index in [0.29, 0.717) is 0 Å². The molecule has 0 saturated heterocycles. The second-order valence-electron chi connectivity index (χ2n) is 20.1. The predicted molar refractivity (Wildman–Crippen MR) is 324 cm³/mol. The Kier molecular flexibility index (Phi) is 12.3. The highest BCUT2D eigenvalue weighted by molar-refractivity contribution is 5.97. The van der Waals surface area contributed by atoms with E-state index in [0.717, 1.165) is 45.3 Å². The van der Waals surface area contributed by atoms with Gasteiger partial charge in [0.25, 0.3) is 0 Å². The molecule has 13 rings (SSSR count). The van der Waals surface area contributed by atoms with E-state index >= 15 is 0 Å². The summed E-state index contributed by atoms with van der Waals surface area (Å²) in [6, 6.07) is 111. The van der Waals surface area contributed by atoms with Crippen LogP contribution in [0.2, 0.25) is 0 Å². The van der Waals surface area contributed by atoms with E-state index in [1.807, 2.05) is 0 Å². The molecule has 12 aromatic rings. The lowest BCUT2D eigenvalue weighted by Crippen LogP contribution is -2.28. The Hall–Kier alpha value is -9.76. The predicted octanol–water partition coefficient (Wildman–Crippen LogP) is 20.3. The van der Waals surface area contributed by atoms with Gasteiger partial charge in [-0.3, -0.25) is 0 Å². The van der Waals surface area contributed by atoms with Crippen molar-refractivity contribution in [3.05, 3.63) is 337 Å². The van der Waals surface area contributed by atoms with Crippen LogP contribution in [0.5, 0.6) is 0 Å².